The van der Waals surface area contributed by atoms with Crippen molar-refractivity contribution in [3.8, 4) is 11.3 Å². The van der Waals surface area contributed by atoms with Crippen molar-refractivity contribution in [2.75, 3.05) is 0 Å². The average molecular weight is 215 g/mol. The highest BCUT2D eigenvalue weighted by Gasteiger charge is 2.15. The fourth-order valence-corrected chi connectivity index (χ4v) is 1.95. The molecule has 0 fully saturated rings. The number of benzene rings is 1. The maximum absolute atomic E-state index is 7.70. The van der Waals surface area contributed by atoms with Crippen LogP contribution < -0.4 is 4.57 Å². The van der Waals surface area contributed by atoms with Crippen LogP contribution in [0.5, 0.6) is 0 Å². The van der Waals surface area contributed by atoms with Crippen LogP contribution in [0.3, 0.4) is 0 Å². The summed E-state index contributed by atoms with van der Waals surface area (Å²) in [7, 11) is 1.88. The molecule has 2 rings (SSSR count). The Balaban J connectivity index is 2.79. The van der Waals surface area contributed by atoms with Gasteiger partial charge in [-0.3, -0.25) is 0 Å². The second kappa shape index (κ2) is 4.09. The molecule has 0 aliphatic rings. The second-order valence-corrected chi connectivity index (χ2v) is 4.13. The van der Waals surface area contributed by atoms with Crippen LogP contribution in [0.1, 0.15) is 20.8 Å². The van der Waals surface area contributed by atoms with E-state index in [-0.39, 0.29) is 0 Å². The van der Waals surface area contributed by atoms with Gasteiger partial charge in [-0.2, -0.15) is 0 Å². The average Bonchev–Trinajstić information content (AvgIpc) is 2.32. The lowest BCUT2D eigenvalue weighted by Gasteiger charge is -2.08. The van der Waals surface area contributed by atoms with Gasteiger partial charge in [-0.05, 0) is 44.0 Å². The lowest BCUT2D eigenvalue weighted by Crippen LogP contribution is -2.31. The summed E-state index contributed by atoms with van der Waals surface area (Å²) in [5, 5.41) is 0. The van der Waals surface area contributed by atoms with Crippen molar-refractivity contribution in [3.05, 3.63) is 53.2 Å². The van der Waals surface area contributed by atoms with E-state index < -0.39 is 6.85 Å². The van der Waals surface area contributed by atoms with E-state index in [2.05, 4.69) is 0 Å². The maximum atomic E-state index is 7.70. The van der Waals surface area contributed by atoms with Crippen LogP contribution in [0.4, 0.5) is 0 Å². The highest BCUT2D eigenvalue weighted by Crippen LogP contribution is 2.24. The molecule has 0 amide bonds. The second-order valence-electron chi connectivity index (χ2n) is 4.13. The van der Waals surface area contributed by atoms with E-state index >= 15 is 0 Å². The van der Waals surface area contributed by atoms with Crippen molar-refractivity contribution in [2.45, 2.75) is 20.7 Å². The van der Waals surface area contributed by atoms with Gasteiger partial charge in [-0.1, -0.05) is 12.1 Å². The first kappa shape index (κ1) is 7.61. The minimum Gasteiger partial charge on any atom is -0.201 e. The van der Waals surface area contributed by atoms with Gasteiger partial charge in [0.05, 0.1) is 0 Å². The lowest BCUT2D eigenvalue weighted by molar-refractivity contribution is -0.660. The Morgan fingerprint density at radius 1 is 1.06 bits per heavy atom. The molecule has 0 N–H and O–H groups in total. The predicted octanol–water partition coefficient (Wildman–Crippen LogP) is 3.10. The van der Waals surface area contributed by atoms with E-state index in [0.717, 1.165) is 22.4 Å². The number of pyridine rings is 1. The molecule has 1 heteroatoms. The normalized spacial score (nSPS) is 14.1. The van der Waals surface area contributed by atoms with Gasteiger partial charge in [0.25, 0.3) is 0 Å². The van der Waals surface area contributed by atoms with Crippen LogP contribution in [-0.2, 0) is 7.05 Å². The van der Waals surface area contributed by atoms with Crippen LogP contribution in [0, 0.1) is 20.7 Å². The van der Waals surface area contributed by atoms with E-state index in [1.54, 1.807) is 12.1 Å². The third-order valence-electron chi connectivity index (χ3n) is 3.04. The number of aryl methyl sites for hydroxylation is 3. The zero-order valence-corrected chi connectivity index (χ0v) is 9.91. The van der Waals surface area contributed by atoms with Gasteiger partial charge in [0.15, 0.2) is 6.20 Å². The Bertz CT molecular complexity index is 615. The molecular formula is C15H18N+. The molecule has 1 nitrogen and oxygen atoms in total. The minimum atomic E-state index is -2.11. The van der Waals surface area contributed by atoms with E-state index in [1.807, 2.05) is 49.9 Å². The molecule has 82 valence electrons. The van der Waals surface area contributed by atoms with E-state index in [9.17, 15) is 0 Å². The van der Waals surface area contributed by atoms with Crippen LogP contribution in [0.25, 0.3) is 11.3 Å². The summed E-state index contributed by atoms with van der Waals surface area (Å²) < 4.78 is 25.0. The Labute approximate surface area is 102 Å². The number of rotatable bonds is 1. The quantitative estimate of drug-likeness (QED) is 0.644. The number of hydrogen-bond donors (Lipinski definition) is 0. The maximum Gasteiger partial charge on any atom is 0.215 e. The topological polar surface area (TPSA) is 3.88 Å². The van der Waals surface area contributed by atoms with Crippen molar-refractivity contribution >= 4 is 0 Å². The number of hydrogen-bond acceptors (Lipinski definition) is 0. The summed E-state index contributed by atoms with van der Waals surface area (Å²) in [6.45, 7) is 1.96. The molecule has 0 radical (unpaired) electrons. The molecular weight excluding hydrogens is 194 g/mol. The van der Waals surface area contributed by atoms with E-state index in [4.69, 9.17) is 4.11 Å². The fraction of sp³-hybridized carbons (Fsp3) is 0.267. The Morgan fingerprint density at radius 2 is 1.81 bits per heavy atom. The predicted molar refractivity (Wildman–Crippen MR) is 67.3 cm³/mol. The summed E-state index contributed by atoms with van der Waals surface area (Å²) in [6, 6.07) is 9.44. The number of nitrogens with zero attached hydrogens (tertiary/aromatic N) is 1. The summed E-state index contributed by atoms with van der Waals surface area (Å²) in [5.41, 5.74) is 4.43. The van der Waals surface area contributed by atoms with Gasteiger partial charge in [0.2, 0.25) is 5.69 Å². The van der Waals surface area contributed by atoms with Gasteiger partial charge in [0, 0.05) is 21.3 Å². The monoisotopic (exact) mass is 215 g/mol. The number of aromatic nitrogens is 1. The molecule has 1 heterocycles. The molecule has 0 aliphatic heterocycles. The van der Waals surface area contributed by atoms with Gasteiger partial charge in [-0.15, -0.1) is 0 Å². The zero-order valence-electron chi connectivity index (χ0n) is 12.9. The van der Waals surface area contributed by atoms with Crippen LogP contribution in [0.2, 0.25) is 0 Å². The Morgan fingerprint density at radius 3 is 2.56 bits per heavy atom. The van der Waals surface area contributed by atoms with Crippen molar-refractivity contribution in [1.29, 1.82) is 0 Å². The summed E-state index contributed by atoms with van der Waals surface area (Å²) in [6.07, 6.45) is 1.88. The summed E-state index contributed by atoms with van der Waals surface area (Å²) in [4.78, 5) is 0. The molecule has 0 unspecified atom stereocenters. The molecule has 2 aromatic rings. The molecule has 1 aromatic heterocycles. The first-order valence-electron chi connectivity index (χ1n) is 6.88. The third-order valence-corrected chi connectivity index (χ3v) is 3.04. The van der Waals surface area contributed by atoms with Gasteiger partial charge in [0.1, 0.15) is 7.05 Å². The van der Waals surface area contributed by atoms with E-state index in [0.29, 0.717) is 5.56 Å². The molecule has 0 saturated heterocycles. The smallest absolute Gasteiger partial charge is 0.201 e. The zero-order chi connectivity index (χ0) is 14.2. The molecule has 0 spiro atoms. The van der Waals surface area contributed by atoms with Crippen LogP contribution in [0.15, 0.2) is 36.5 Å². The first-order chi connectivity index (χ1) is 8.82. The summed E-state index contributed by atoms with van der Waals surface area (Å²) >= 11 is 0. The van der Waals surface area contributed by atoms with Crippen LogP contribution in [-0.4, -0.2) is 0 Å². The third kappa shape index (κ3) is 1.73. The lowest BCUT2D eigenvalue weighted by atomic mass is 9.98. The van der Waals surface area contributed by atoms with Crippen molar-refractivity contribution in [1.82, 2.24) is 0 Å². The molecule has 0 bridgehead atoms. The largest absolute Gasteiger partial charge is 0.215 e. The van der Waals surface area contributed by atoms with Crippen molar-refractivity contribution in [2.24, 2.45) is 7.05 Å². The standard InChI is InChI=1S/C15H18N/c1-11-7-5-9-14(13(11)3)15-12(2)8-6-10-16(15)4/h5-10H,1-4H3/q+1/i2D3. The molecule has 0 atom stereocenters. The van der Waals surface area contributed by atoms with Gasteiger partial charge in [-0.25, -0.2) is 4.57 Å². The Hall–Kier alpha value is -1.63. The van der Waals surface area contributed by atoms with Crippen molar-refractivity contribution < 1.29 is 8.68 Å². The molecule has 0 saturated carbocycles. The fourth-order valence-electron chi connectivity index (χ4n) is 1.95. The highest BCUT2D eigenvalue weighted by atomic mass is 14.9. The first-order valence-corrected chi connectivity index (χ1v) is 5.38. The minimum absolute atomic E-state index is 0.395. The molecule has 0 aliphatic carbocycles. The molecule has 1 aromatic carbocycles. The summed E-state index contributed by atoms with van der Waals surface area (Å²) in [5.74, 6) is 0. The highest BCUT2D eigenvalue weighted by molar-refractivity contribution is 5.65. The van der Waals surface area contributed by atoms with Gasteiger partial charge >= 0.3 is 0 Å². The van der Waals surface area contributed by atoms with Crippen LogP contribution >= 0.6 is 0 Å². The van der Waals surface area contributed by atoms with Crippen molar-refractivity contribution in [3.63, 3.8) is 0 Å². The molecule has 16 heavy (non-hydrogen) atoms. The Kier molecular flexibility index (Phi) is 1.95. The van der Waals surface area contributed by atoms with E-state index in [1.165, 1.54) is 0 Å². The SMILES string of the molecule is [2H]C([2H])([2H])c1ccc[n+](C)c1-c1cccc(C)c1C. The van der Waals surface area contributed by atoms with Gasteiger partial charge < -0.3 is 0 Å².